The summed E-state index contributed by atoms with van der Waals surface area (Å²) in [5, 5.41) is 0.685. The first-order valence-electron chi connectivity index (χ1n) is 5.58. The molecule has 2 rings (SSSR count). The van der Waals surface area contributed by atoms with Crippen molar-refractivity contribution in [2.24, 2.45) is 4.36 Å². The van der Waals surface area contributed by atoms with Crippen LogP contribution >= 0.6 is 11.6 Å². The Bertz CT molecular complexity index is 853. The van der Waals surface area contributed by atoms with Gasteiger partial charge in [0.05, 0.1) is 10.6 Å². The lowest BCUT2D eigenvalue weighted by atomic mass is 10.3. The van der Waals surface area contributed by atoms with Gasteiger partial charge < -0.3 is 5.73 Å². The van der Waals surface area contributed by atoms with Crippen LogP contribution in [0.4, 0.5) is 11.4 Å². The molecule has 0 spiro atoms. The molecule has 3 N–H and O–H groups in total. The standard InChI is InChI=1S/C6H6ClN.C6H5NO5S2/c7-5-2-1-3-6(8)4-5;8-13(9)7-5-1-3-6(4-2-5)14(10,11)12/h1-4H,8H2;1-4H,(H,10,11,12). The van der Waals surface area contributed by atoms with Crippen molar-refractivity contribution in [3.8, 4) is 0 Å². The van der Waals surface area contributed by atoms with Crippen LogP contribution < -0.4 is 5.73 Å². The van der Waals surface area contributed by atoms with Gasteiger partial charge in [0.25, 0.3) is 10.1 Å². The van der Waals surface area contributed by atoms with Crippen LogP contribution in [-0.2, 0) is 20.6 Å². The van der Waals surface area contributed by atoms with Crippen molar-refractivity contribution in [1.29, 1.82) is 0 Å². The second kappa shape index (κ2) is 7.90. The quantitative estimate of drug-likeness (QED) is 0.624. The van der Waals surface area contributed by atoms with E-state index in [0.717, 1.165) is 12.1 Å². The highest BCUT2D eigenvalue weighted by Crippen LogP contribution is 2.15. The van der Waals surface area contributed by atoms with Crippen molar-refractivity contribution in [3.63, 3.8) is 0 Å². The Morgan fingerprint density at radius 1 is 1.09 bits per heavy atom. The molecule has 0 saturated carbocycles. The van der Waals surface area contributed by atoms with Gasteiger partial charge in [0.1, 0.15) is 0 Å². The summed E-state index contributed by atoms with van der Waals surface area (Å²) < 4.78 is 53.1. The molecule has 0 saturated heterocycles. The molecule has 0 radical (unpaired) electrons. The minimum Gasteiger partial charge on any atom is -0.399 e. The lowest BCUT2D eigenvalue weighted by Crippen LogP contribution is -1.96. The number of nitrogens with zero attached hydrogens (tertiary/aromatic N) is 1. The Hall–Kier alpha value is -1.94. The van der Waals surface area contributed by atoms with E-state index in [1.54, 1.807) is 18.2 Å². The zero-order valence-corrected chi connectivity index (χ0v) is 13.3. The van der Waals surface area contributed by atoms with E-state index in [1.165, 1.54) is 12.1 Å². The monoisotopic (exact) mass is 362 g/mol. The summed E-state index contributed by atoms with van der Waals surface area (Å²) in [5.41, 5.74) is 6.17. The number of nitrogen functional groups attached to an aromatic ring is 1. The predicted molar refractivity (Wildman–Crippen MR) is 83.1 cm³/mol. The third kappa shape index (κ3) is 6.68. The Kier molecular flexibility index (Phi) is 6.50. The van der Waals surface area contributed by atoms with E-state index in [-0.39, 0.29) is 10.6 Å². The smallest absolute Gasteiger partial charge is 0.316 e. The molecular formula is C12H11ClN2O5S2. The van der Waals surface area contributed by atoms with E-state index in [2.05, 4.69) is 4.36 Å². The zero-order chi connectivity index (χ0) is 16.8. The van der Waals surface area contributed by atoms with Crippen LogP contribution in [0.15, 0.2) is 57.8 Å². The Labute approximate surface area is 133 Å². The molecular weight excluding hydrogens is 352 g/mol. The molecule has 0 fully saturated rings. The maximum Gasteiger partial charge on any atom is 0.316 e. The second-order valence-corrected chi connectivity index (χ2v) is 6.31. The largest absolute Gasteiger partial charge is 0.399 e. The number of nitrogens with two attached hydrogens (primary N) is 1. The van der Waals surface area contributed by atoms with E-state index in [4.69, 9.17) is 21.9 Å². The fourth-order valence-electron chi connectivity index (χ4n) is 1.27. The highest BCUT2D eigenvalue weighted by molar-refractivity contribution is 7.85. The highest BCUT2D eigenvalue weighted by atomic mass is 35.5. The molecule has 0 unspecified atom stereocenters. The molecule has 10 heteroatoms. The van der Waals surface area contributed by atoms with Gasteiger partial charge in [-0.2, -0.15) is 16.8 Å². The molecule has 0 aromatic heterocycles. The zero-order valence-electron chi connectivity index (χ0n) is 10.9. The van der Waals surface area contributed by atoms with Crippen molar-refractivity contribution in [3.05, 3.63) is 53.6 Å². The van der Waals surface area contributed by atoms with Gasteiger partial charge in [-0.3, -0.25) is 4.55 Å². The molecule has 0 aliphatic carbocycles. The van der Waals surface area contributed by atoms with Crippen LogP contribution in [0.1, 0.15) is 0 Å². The van der Waals surface area contributed by atoms with Gasteiger partial charge in [-0.25, -0.2) is 0 Å². The average Bonchev–Trinajstić information content (AvgIpc) is 2.38. The lowest BCUT2D eigenvalue weighted by molar-refractivity contribution is 0.483. The molecule has 0 atom stereocenters. The van der Waals surface area contributed by atoms with Gasteiger partial charge in [0.2, 0.25) is 0 Å². The Morgan fingerprint density at radius 2 is 1.68 bits per heavy atom. The van der Waals surface area contributed by atoms with Crippen LogP contribution in [-0.4, -0.2) is 21.4 Å². The van der Waals surface area contributed by atoms with Gasteiger partial charge >= 0.3 is 10.5 Å². The van der Waals surface area contributed by atoms with Gasteiger partial charge in [-0.1, -0.05) is 17.7 Å². The molecule has 0 heterocycles. The highest BCUT2D eigenvalue weighted by Gasteiger charge is 2.07. The van der Waals surface area contributed by atoms with E-state index < -0.39 is 20.6 Å². The molecule has 7 nitrogen and oxygen atoms in total. The number of rotatable bonds is 2. The fourth-order valence-corrected chi connectivity index (χ4v) is 2.24. The Balaban J connectivity index is 0.000000255. The molecule has 22 heavy (non-hydrogen) atoms. The first kappa shape index (κ1) is 18.1. The van der Waals surface area contributed by atoms with Gasteiger partial charge in [-0.15, -0.1) is 4.36 Å². The topological polar surface area (TPSA) is 127 Å². The van der Waals surface area contributed by atoms with Crippen molar-refractivity contribution in [2.45, 2.75) is 4.90 Å². The molecule has 0 bridgehead atoms. The van der Waals surface area contributed by atoms with E-state index in [9.17, 15) is 16.8 Å². The SMILES string of the molecule is Nc1cccc(Cl)c1.O=S(=O)=Nc1ccc(S(=O)(=O)O)cc1. The van der Waals surface area contributed by atoms with Crippen molar-refractivity contribution >= 4 is 43.6 Å². The maximum absolute atomic E-state index is 10.6. The van der Waals surface area contributed by atoms with E-state index in [1.807, 2.05) is 6.07 Å². The third-order valence-electron chi connectivity index (χ3n) is 2.16. The number of benzene rings is 2. The van der Waals surface area contributed by atoms with Gasteiger partial charge in [0, 0.05) is 10.7 Å². The molecule has 118 valence electrons. The summed E-state index contributed by atoms with van der Waals surface area (Å²) in [4.78, 5) is -0.312. The first-order valence-corrected chi connectivity index (χ1v) is 8.43. The summed E-state index contributed by atoms with van der Waals surface area (Å²) in [6.45, 7) is 0. The van der Waals surface area contributed by atoms with Crippen LogP contribution in [0.2, 0.25) is 5.02 Å². The molecule has 0 amide bonds. The molecule has 0 aliphatic heterocycles. The fraction of sp³-hybridized carbons (Fsp3) is 0. The summed E-state index contributed by atoms with van der Waals surface area (Å²) in [7, 11) is -6.82. The summed E-state index contributed by atoms with van der Waals surface area (Å²) >= 11 is 5.56. The maximum atomic E-state index is 10.6. The van der Waals surface area contributed by atoms with Crippen molar-refractivity contribution < 1.29 is 21.4 Å². The predicted octanol–water partition coefficient (Wildman–Crippen LogP) is 2.55. The normalized spacial score (nSPS) is 10.3. The van der Waals surface area contributed by atoms with E-state index >= 15 is 0 Å². The van der Waals surface area contributed by atoms with Gasteiger partial charge in [-0.05, 0) is 42.5 Å². The van der Waals surface area contributed by atoms with Gasteiger partial charge in [0.15, 0.2) is 0 Å². The number of halogens is 1. The van der Waals surface area contributed by atoms with Crippen LogP contribution in [0.25, 0.3) is 0 Å². The second-order valence-electron chi connectivity index (χ2n) is 3.83. The molecule has 2 aromatic rings. The minimum absolute atomic E-state index is 0.0886. The Morgan fingerprint density at radius 3 is 2.05 bits per heavy atom. The molecule has 2 aromatic carbocycles. The summed E-state index contributed by atoms with van der Waals surface area (Å²) in [5.74, 6) is 0. The number of hydrogen-bond donors (Lipinski definition) is 2. The van der Waals surface area contributed by atoms with E-state index in [0.29, 0.717) is 10.7 Å². The molecule has 0 aliphatic rings. The van der Waals surface area contributed by atoms with Crippen LogP contribution in [0.5, 0.6) is 0 Å². The lowest BCUT2D eigenvalue weighted by Gasteiger charge is -1.95. The average molecular weight is 363 g/mol. The first-order chi connectivity index (χ1) is 10.2. The summed E-state index contributed by atoms with van der Waals surface area (Å²) in [6.07, 6.45) is 0. The van der Waals surface area contributed by atoms with Crippen molar-refractivity contribution in [2.75, 3.05) is 5.73 Å². The van der Waals surface area contributed by atoms with Crippen LogP contribution in [0.3, 0.4) is 0 Å². The third-order valence-corrected chi connectivity index (χ3v) is 3.63. The van der Waals surface area contributed by atoms with Crippen LogP contribution in [0, 0.1) is 0 Å². The summed E-state index contributed by atoms with van der Waals surface area (Å²) in [6, 6.07) is 11.6. The van der Waals surface area contributed by atoms with Crippen molar-refractivity contribution in [1.82, 2.24) is 0 Å². The minimum atomic E-state index is -4.24. The number of anilines is 1. The number of hydrogen-bond acceptors (Lipinski definition) is 6.